The Hall–Kier alpha value is -1.60. The number of nitrogens with one attached hydrogen (secondary N) is 1. The predicted octanol–water partition coefficient (Wildman–Crippen LogP) is -0.295. The average molecular weight is 254 g/mol. The van der Waals surface area contributed by atoms with Crippen molar-refractivity contribution in [2.24, 2.45) is 0 Å². The lowest BCUT2D eigenvalue weighted by molar-refractivity contribution is -0.119. The van der Waals surface area contributed by atoms with Crippen molar-refractivity contribution in [2.45, 2.75) is 0 Å². The third kappa shape index (κ3) is 12.5. The molecular formula is C12H18N2O4. The van der Waals surface area contributed by atoms with Gasteiger partial charge in [-0.15, -0.1) is 6.42 Å². The molecule has 0 unspecified atom stereocenters. The average Bonchev–Trinajstić information content (AvgIpc) is 2.36. The maximum atomic E-state index is 10.9. The maximum Gasteiger partial charge on any atom is 0.300 e. The first-order valence-electron chi connectivity index (χ1n) is 5.58. The topological polar surface area (TPSA) is 61.2 Å². The molecule has 1 amide bonds. The standard InChI is InChI=1S/C12H18N2O4/c1-3-5-16-7-9-18-10-8-17-6-4-14-12(15)11-13-2/h1H,4-11H2,(H,14,15). The van der Waals surface area contributed by atoms with Crippen LogP contribution in [-0.4, -0.2) is 58.6 Å². The minimum Gasteiger partial charge on any atom is -0.377 e. The Morgan fingerprint density at radius 3 is 2.39 bits per heavy atom. The summed E-state index contributed by atoms with van der Waals surface area (Å²) < 4.78 is 15.4. The molecule has 0 saturated heterocycles. The van der Waals surface area contributed by atoms with E-state index in [-0.39, 0.29) is 12.5 Å². The minimum atomic E-state index is -0.282. The molecule has 0 atom stereocenters. The van der Waals surface area contributed by atoms with Gasteiger partial charge >= 0.3 is 0 Å². The van der Waals surface area contributed by atoms with E-state index in [9.17, 15) is 4.79 Å². The van der Waals surface area contributed by atoms with Gasteiger partial charge in [0.2, 0.25) is 0 Å². The molecular weight excluding hydrogens is 236 g/mol. The van der Waals surface area contributed by atoms with Crippen molar-refractivity contribution in [3.63, 3.8) is 0 Å². The molecule has 0 rings (SSSR count). The van der Waals surface area contributed by atoms with Gasteiger partial charge in [0, 0.05) is 6.54 Å². The molecule has 6 nitrogen and oxygen atoms in total. The summed E-state index contributed by atoms with van der Waals surface area (Å²) in [5.41, 5.74) is 0. The van der Waals surface area contributed by atoms with Gasteiger partial charge in [-0.1, -0.05) is 5.92 Å². The first-order valence-corrected chi connectivity index (χ1v) is 5.58. The van der Waals surface area contributed by atoms with Crippen LogP contribution < -0.4 is 5.32 Å². The Morgan fingerprint density at radius 2 is 1.78 bits per heavy atom. The van der Waals surface area contributed by atoms with Crippen molar-refractivity contribution in [3.05, 3.63) is 11.4 Å². The highest BCUT2D eigenvalue weighted by molar-refractivity contribution is 5.79. The third-order valence-corrected chi connectivity index (χ3v) is 1.72. The number of amides is 1. The Morgan fingerprint density at radius 1 is 1.17 bits per heavy atom. The zero-order chi connectivity index (χ0) is 13.5. The van der Waals surface area contributed by atoms with Gasteiger partial charge in [-0.05, 0) is 0 Å². The number of rotatable bonds is 11. The highest BCUT2D eigenvalue weighted by Crippen LogP contribution is 1.80. The van der Waals surface area contributed by atoms with Gasteiger partial charge < -0.3 is 24.4 Å². The molecule has 0 saturated carbocycles. The lowest BCUT2D eigenvalue weighted by Crippen LogP contribution is -2.29. The van der Waals surface area contributed by atoms with Gasteiger partial charge in [0.25, 0.3) is 12.5 Å². The molecule has 0 aromatic carbocycles. The molecule has 6 heteroatoms. The van der Waals surface area contributed by atoms with E-state index in [4.69, 9.17) is 27.2 Å². The van der Waals surface area contributed by atoms with Gasteiger partial charge in [-0.2, -0.15) is 0 Å². The van der Waals surface area contributed by atoms with Crippen LogP contribution in [0.5, 0.6) is 0 Å². The van der Waals surface area contributed by atoms with Crippen molar-refractivity contribution in [2.75, 3.05) is 52.7 Å². The molecule has 18 heavy (non-hydrogen) atoms. The van der Waals surface area contributed by atoms with Crippen molar-refractivity contribution in [1.82, 2.24) is 5.32 Å². The van der Waals surface area contributed by atoms with Crippen LogP contribution in [0.25, 0.3) is 4.85 Å². The Kier molecular flexibility index (Phi) is 12.3. The number of carbonyl (C=O) groups is 1. The van der Waals surface area contributed by atoms with Crippen LogP contribution >= 0.6 is 0 Å². The molecule has 0 aliphatic carbocycles. The van der Waals surface area contributed by atoms with Crippen LogP contribution in [0, 0.1) is 18.9 Å². The van der Waals surface area contributed by atoms with Gasteiger partial charge in [0.05, 0.1) is 33.0 Å². The van der Waals surface area contributed by atoms with Crippen molar-refractivity contribution >= 4 is 5.91 Å². The van der Waals surface area contributed by atoms with E-state index in [0.29, 0.717) is 46.2 Å². The summed E-state index contributed by atoms with van der Waals surface area (Å²) in [6.45, 7) is 9.31. The smallest absolute Gasteiger partial charge is 0.300 e. The summed E-state index contributed by atoms with van der Waals surface area (Å²) in [6, 6.07) is 0. The molecule has 0 aliphatic rings. The third-order valence-electron chi connectivity index (χ3n) is 1.72. The number of hydrogen-bond acceptors (Lipinski definition) is 4. The molecule has 0 fully saturated rings. The van der Waals surface area contributed by atoms with E-state index < -0.39 is 0 Å². The Bertz CT molecular complexity index is 293. The largest absolute Gasteiger partial charge is 0.377 e. The Labute approximate surface area is 107 Å². The number of nitrogens with zero attached hydrogens (tertiary/aromatic N) is 1. The van der Waals surface area contributed by atoms with Crippen LogP contribution in [-0.2, 0) is 19.0 Å². The number of carbonyl (C=O) groups excluding carboxylic acids is 1. The highest BCUT2D eigenvalue weighted by Gasteiger charge is 2.00. The van der Waals surface area contributed by atoms with E-state index in [2.05, 4.69) is 16.1 Å². The second kappa shape index (κ2) is 13.5. The van der Waals surface area contributed by atoms with Crippen molar-refractivity contribution in [3.8, 4) is 12.3 Å². The molecule has 0 aromatic rings. The van der Waals surface area contributed by atoms with Gasteiger partial charge in [0.15, 0.2) is 0 Å². The summed E-state index contributed by atoms with van der Waals surface area (Å²) in [7, 11) is 0. The lowest BCUT2D eigenvalue weighted by atomic mass is 10.5. The van der Waals surface area contributed by atoms with Crippen LogP contribution in [0.2, 0.25) is 0 Å². The monoisotopic (exact) mass is 254 g/mol. The number of hydrogen-bond donors (Lipinski definition) is 1. The highest BCUT2D eigenvalue weighted by atomic mass is 16.5. The fourth-order valence-corrected chi connectivity index (χ4v) is 0.961. The molecule has 0 aromatic heterocycles. The molecule has 0 bridgehead atoms. The number of terminal acetylenes is 1. The van der Waals surface area contributed by atoms with Gasteiger partial charge in [-0.3, -0.25) is 4.79 Å². The van der Waals surface area contributed by atoms with Crippen LogP contribution in [0.1, 0.15) is 0 Å². The summed E-state index contributed by atoms with van der Waals surface area (Å²) >= 11 is 0. The van der Waals surface area contributed by atoms with Crippen molar-refractivity contribution in [1.29, 1.82) is 0 Å². The first-order chi connectivity index (χ1) is 8.81. The first kappa shape index (κ1) is 16.4. The van der Waals surface area contributed by atoms with E-state index in [1.165, 1.54) is 0 Å². The normalized spacial score (nSPS) is 9.44. The van der Waals surface area contributed by atoms with E-state index in [1.807, 2.05) is 0 Å². The molecule has 0 aliphatic heterocycles. The van der Waals surface area contributed by atoms with E-state index >= 15 is 0 Å². The Balaban J connectivity index is 3.06. The fourth-order valence-electron chi connectivity index (χ4n) is 0.961. The SMILES string of the molecule is [C-]#[N+]CC(=O)NCCOCCOCCOCC#C. The fraction of sp³-hybridized carbons (Fsp3) is 0.667. The zero-order valence-electron chi connectivity index (χ0n) is 10.3. The summed E-state index contributed by atoms with van der Waals surface area (Å²) in [5, 5.41) is 2.55. The summed E-state index contributed by atoms with van der Waals surface area (Å²) in [6.07, 6.45) is 5.00. The minimum absolute atomic E-state index is 0.138. The summed E-state index contributed by atoms with van der Waals surface area (Å²) in [4.78, 5) is 13.8. The van der Waals surface area contributed by atoms with Gasteiger partial charge in [-0.25, -0.2) is 6.57 Å². The van der Waals surface area contributed by atoms with Crippen LogP contribution in [0.3, 0.4) is 0 Å². The molecule has 1 N–H and O–H groups in total. The van der Waals surface area contributed by atoms with E-state index in [1.54, 1.807) is 0 Å². The van der Waals surface area contributed by atoms with E-state index in [0.717, 1.165) is 0 Å². The van der Waals surface area contributed by atoms with Gasteiger partial charge in [0.1, 0.15) is 6.61 Å². The molecule has 100 valence electrons. The summed E-state index contributed by atoms with van der Waals surface area (Å²) in [5.74, 6) is 2.07. The second-order valence-corrected chi connectivity index (χ2v) is 3.15. The molecule has 0 spiro atoms. The van der Waals surface area contributed by atoms with Crippen molar-refractivity contribution < 1.29 is 19.0 Å². The second-order valence-electron chi connectivity index (χ2n) is 3.15. The quantitative estimate of drug-likeness (QED) is 0.312. The predicted molar refractivity (Wildman–Crippen MR) is 65.8 cm³/mol. The lowest BCUT2D eigenvalue weighted by Gasteiger charge is -2.06. The number of ether oxygens (including phenoxy) is 3. The molecule has 0 radical (unpaired) electrons. The maximum absolute atomic E-state index is 10.9. The van der Waals surface area contributed by atoms with Crippen LogP contribution in [0.15, 0.2) is 0 Å². The zero-order valence-corrected chi connectivity index (χ0v) is 10.3. The molecule has 0 heterocycles. The van der Waals surface area contributed by atoms with Crippen LogP contribution in [0.4, 0.5) is 0 Å².